The minimum absolute atomic E-state index is 0.0339. The maximum absolute atomic E-state index is 12.4. The van der Waals surface area contributed by atoms with Crippen LogP contribution in [-0.2, 0) is 16.1 Å². The Labute approximate surface area is 174 Å². The van der Waals surface area contributed by atoms with Gasteiger partial charge in [0, 0.05) is 12.2 Å². The van der Waals surface area contributed by atoms with Crippen LogP contribution in [0.3, 0.4) is 0 Å². The van der Waals surface area contributed by atoms with E-state index in [1.807, 2.05) is 38.1 Å². The third kappa shape index (κ3) is 4.48. The van der Waals surface area contributed by atoms with Crippen molar-refractivity contribution >= 4 is 34.3 Å². The predicted molar refractivity (Wildman–Crippen MR) is 115 cm³/mol. The van der Waals surface area contributed by atoms with Gasteiger partial charge in [-0.2, -0.15) is 0 Å². The summed E-state index contributed by atoms with van der Waals surface area (Å²) in [5, 5.41) is 11.6. The second-order valence-electron chi connectivity index (χ2n) is 7.27. The molecule has 0 bridgehead atoms. The highest BCUT2D eigenvalue weighted by Crippen LogP contribution is 2.27. The third-order valence-corrected chi connectivity index (χ3v) is 5.60. The number of thioether (sulfide) groups is 1. The summed E-state index contributed by atoms with van der Waals surface area (Å²) in [6.45, 7) is 9.15. The molecule has 0 aliphatic heterocycles. The number of rotatable bonds is 7. The van der Waals surface area contributed by atoms with Crippen LogP contribution < -0.4 is 0 Å². The molecular formula is C21H26N4O3S. The van der Waals surface area contributed by atoms with Crippen molar-refractivity contribution in [3.05, 3.63) is 47.2 Å². The number of methoxy groups -OCH3 is 1. The summed E-state index contributed by atoms with van der Waals surface area (Å²) < 4.78 is 7.04. The summed E-state index contributed by atoms with van der Waals surface area (Å²) in [7, 11) is 1.29. The predicted octanol–water partition coefficient (Wildman–Crippen LogP) is 4.27. The monoisotopic (exact) mass is 414 g/mol. The smallest absolute Gasteiger partial charge is 0.345 e. The number of benzene rings is 1. The lowest BCUT2D eigenvalue weighted by Gasteiger charge is -2.12. The fraction of sp³-hybridized carbons (Fsp3) is 0.381. The Morgan fingerprint density at radius 1 is 1.28 bits per heavy atom. The van der Waals surface area contributed by atoms with Gasteiger partial charge in [0.25, 0.3) is 0 Å². The third-order valence-electron chi connectivity index (χ3n) is 4.61. The summed E-state index contributed by atoms with van der Waals surface area (Å²) in [5.41, 5.74) is 3.59. The molecule has 2 N–H and O–H groups in total. The summed E-state index contributed by atoms with van der Waals surface area (Å²) >= 11 is 1.38. The van der Waals surface area contributed by atoms with Crippen LogP contribution in [0.25, 0.3) is 16.6 Å². The Hall–Kier alpha value is -2.74. The van der Waals surface area contributed by atoms with Crippen LogP contribution in [-0.4, -0.2) is 43.5 Å². The minimum atomic E-state index is -0.639. The highest BCUT2D eigenvalue weighted by Gasteiger charge is 2.23. The van der Waals surface area contributed by atoms with Crippen molar-refractivity contribution in [1.82, 2.24) is 19.5 Å². The van der Waals surface area contributed by atoms with E-state index in [0.29, 0.717) is 11.4 Å². The molecule has 2 aromatic heterocycles. The highest BCUT2D eigenvalue weighted by atomic mass is 32.2. The fourth-order valence-electron chi connectivity index (χ4n) is 3.04. The second kappa shape index (κ2) is 8.73. The lowest BCUT2D eigenvalue weighted by molar-refractivity contribution is -0.133. The van der Waals surface area contributed by atoms with Crippen molar-refractivity contribution in [3.63, 3.8) is 0 Å². The van der Waals surface area contributed by atoms with E-state index in [1.54, 1.807) is 0 Å². The summed E-state index contributed by atoms with van der Waals surface area (Å²) in [6.07, 6.45) is 0. The van der Waals surface area contributed by atoms with Crippen molar-refractivity contribution in [3.8, 4) is 0 Å². The molecule has 29 heavy (non-hydrogen) atoms. The number of nitrogens with zero attached hydrogens (tertiary/aromatic N) is 3. The van der Waals surface area contributed by atoms with Crippen molar-refractivity contribution in [2.75, 3.05) is 12.9 Å². The molecule has 7 nitrogen and oxygen atoms in total. The number of ether oxygens (including phenoxy) is 1. The van der Waals surface area contributed by atoms with Crippen LogP contribution in [0.4, 0.5) is 0 Å². The molecule has 154 valence electrons. The molecule has 0 unspecified atom stereocenters. The normalized spacial score (nSPS) is 12.5. The van der Waals surface area contributed by atoms with Gasteiger partial charge in [-0.1, -0.05) is 37.7 Å². The van der Waals surface area contributed by atoms with Gasteiger partial charge in [-0.3, -0.25) is 0 Å². The van der Waals surface area contributed by atoms with E-state index in [9.17, 15) is 9.90 Å². The van der Waals surface area contributed by atoms with Crippen LogP contribution in [0.15, 0.2) is 35.2 Å². The molecule has 8 heteroatoms. The molecule has 0 aliphatic rings. The van der Waals surface area contributed by atoms with Crippen LogP contribution in [0.2, 0.25) is 0 Å². The molecule has 0 spiro atoms. The number of aromatic amines is 1. The number of imidazole rings is 2. The van der Waals surface area contributed by atoms with Gasteiger partial charge in [0.1, 0.15) is 17.2 Å². The zero-order valence-electron chi connectivity index (χ0n) is 17.3. The van der Waals surface area contributed by atoms with Crippen molar-refractivity contribution in [2.24, 2.45) is 5.92 Å². The number of aromatic nitrogens is 4. The van der Waals surface area contributed by atoms with Gasteiger partial charge in [0.15, 0.2) is 5.16 Å². The lowest BCUT2D eigenvalue weighted by atomic mass is 10.2. The van der Waals surface area contributed by atoms with E-state index < -0.39 is 5.97 Å². The molecular weight excluding hydrogens is 388 g/mol. The number of hydrogen-bond acceptors (Lipinski definition) is 6. The van der Waals surface area contributed by atoms with E-state index >= 15 is 0 Å². The van der Waals surface area contributed by atoms with Crippen molar-refractivity contribution < 1.29 is 14.6 Å². The standard InChI is InChI=1S/C21H26N4O3S/c1-12(2)10-25-14(4)13(3)22-21(25)29-11-17(26)18(20(27)28-5)19-23-15-8-6-7-9-16(15)24-19/h6-9,12,26H,10-11H2,1-5H3,(H,23,24)/b18-17+. The molecule has 0 saturated heterocycles. The van der Waals surface area contributed by atoms with Gasteiger partial charge >= 0.3 is 5.97 Å². The summed E-state index contributed by atoms with van der Waals surface area (Å²) in [4.78, 5) is 24.5. The number of aryl methyl sites for hydroxylation is 1. The molecule has 0 fully saturated rings. The van der Waals surface area contributed by atoms with Crippen LogP contribution >= 0.6 is 11.8 Å². The van der Waals surface area contributed by atoms with Gasteiger partial charge in [0.05, 0.1) is 29.6 Å². The number of nitrogens with one attached hydrogen (secondary N) is 1. The summed E-state index contributed by atoms with van der Waals surface area (Å²) in [6, 6.07) is 7.44. The first-order chi connectivity index (χ1) is 13.8. The van der Waals surface area contributed by atoms with Gasteiger partial charge in [-0.05, 0) is 31.9 Å². The molecule has 0 aliphatic carbocycles. The Bertz CT molecular complexity index is 1030. The van der Waals surface area contributed by atoms with Crippen LogP contribution in [0.1, 0.15) is 31.1 Å². The molecule has 2 heterocycles. The Balaban J connectivity index is 1.93. The van der Waals surface area contributed by atoms with E-state index in [1.165, 1.54) is 18.9 Å². The zero-order valence-corrected chi connectivity index (χ0v) is 18.1. The van der Waals surface area contributed by atoms with Crippen molar-refractivity contribution in [2.45, 2.75) is 39.4 Å². The molecule has 3 aromatic rings. The van der Waals surface area contributed by atoms with Gasteiger partial charge in [-0.15, -0.1) is 0 Å². The Morgan fingerprint density at radius 3 is 2.66 bits per heavy atom. The Morgan fingerprint density at radius 2 is 2.00 bits per heavy atom. The number of aliphatic hydroxyl groups is 1. The van der Waals surface area contributed by atoms with E-state index in [0.717, 1.165) is 28.6 Å². The number of carbonyl (C=O) groups is 1. The summed E-state index contributed by atoms with van der Waals surface area (Å²) in [5.74, 6) is 0.187. The van der Waals surface area contributed by atoms with E-state index in [-0.39, 0.29) is 22.9 Å². The lowest BCUT2D eigenvalue weighted by Crippen LogP contribution is -2.11. The maximum atomic E-state index is 12.4. The molecule has 1 aromatic carbocycles. The van der Waals surface area contributed by atoms with Gasteiger partial charge in [0.2, 0.25) is 0 Å². The number of H-pyrrole nitrogens is 1. The van der Waals surface area contributed by atoms with E-state index in [2.05, 4.69) is 33.4 Å². The first-order valence-electron chi connectivity index (χ1n) is 9.43. The van der Waals surface area contributed by atoms with E-state index in [4.69, 9.17) is 4.74 Å². The minimum Gasteiger partial charge on any atom is -0.510 e. The number of fused-ring (bicyclic) bond motifs is 1. The number of aliphatic hydroxyl groups excluding tert-OH is 1. The molecule has 0 saturated carbocycles. The number of hydrogen-bond donors (Lipinski definition) is 2. The number of carbonyl (C=O) groups excluding carboxylic acids is 1. The molecule has 0 atom stereocenters. The van der Waals surface area contributed by atoms with Crippen molar-refractivity contribution in [1.29, 1.82) is 0 Å². The maximum Gasteiger partial charge on any atom is 0.345 e. The molecule has 3 rings (SSSR count). The van der Waals surface area contributed by atoms with Crippen LogP contribution in [0.5, 0.6) is 0 Å². The molecule has 0 amide bonds. The zero-order chi connectivity index (χ0) is 21.1. The molecule has 0 radical (unpaired) electrons. The van der Waals surface area contributed by atoms with Gasteiger partial charge in [-0.25, -0.2) is 14.8 Å². The number of para-hydroxylation sites is 2. The highest BCUT2D eigenvalue weighted by molar-refractivity contribution is 7.99. The number of esters is 1. The first-order valence-corrected chi connectivity index (χ1v) is 10.4. The topological polar surface area (TPSA) is 93.0 Å². The quantitative estimate of drug-likeness (QED) is 0.260. The fourth-order valence-corrected chi connectivity index (χ4v) is 4.02. The SMILES string of the molecule is COC(=O)/C(=C(/O)CSc1nc(C)c(C)n1CC(C)C)c1nc2ccccc2[nH]1. The largest absolute Gasteiger partial charge is 0.510 e. The average molecular weight is 415 g/mol. The Kier molecular flexibility index (Phi) is 6.32. The van der Waals surface area contributed by atoms with Gasteiger partial charge < -0.3 is 19.4 Å². The van der Waals surface area contributed by atoms with Crippen LogP contribution in [0, 0.1) is 19.8 Å². The average Bonchev–Trinajstić information content (AvgIpc) is 3.22. The second-order valence-corrected chi connectivity index (χ2v) is 8.22. The first kappa shape index (κ1) is 21.0.